The molecule has 0 aliphatic carbocycles. The number of likely N-dealkylation sites (tertiary alicyclic amines) is 1. The minimum atomic E-state index is -4.48. The predicted molar refractivity (Wildman–Crippen MR) is 140 cm³/mol. The zero-order chi connectivity index (χ0) is 27.4. The maximum Gasteiger partial charge on any atom is 0.394 e. The number of aromatic nitrogens is 2. The van der Waals surface area contributed by atoms with Crippen LogP contribution in [-0.4, -0.2) is 72.3 Å². The summed E-state index contributed by atoms with van der Waals surface area (Å²) in [4.78, 5) is 18.0. The third-order valence-corrected chi connectivity index (χ3v) is 6.55. The van der Waals surface area contributed by atoms with Crippen molar-refractivity contribution in [2.24, 2.45) is 0 Å². The van der Waals surface area contributed by atoms with Gasteiger partial charge >= 0.3 is 6.18 Å². The number of nitrogens with one attached hydrogen (secondary N) is 3. The van der Waals surface area contributed by atoms with Crippen LogP contribution in [0.3, 0.4) is 0 Å². The third kappa shape index (κ3) is 6.49. The Morgan fingerprint density at radius 2 is 2.05 bits per heavy atom. The lowest BCUT2D eigenvalue weighted by Gasteiger charge is -2.33. The number of amides is 1. The lowest BCUT2D eigenvalue weighted by molar-refractivity contribution is -0.128. The topological polar surface area (TPSA) is 73.7 Å². The number of hydrogen-bond acceptors (Lipinski definition) is 5. The van der Waals surface area contributed by atoms with Gasteiger partial charge in [0, 0.05) is 31.9 Å². The highest BCUT2D eigenvalue weighted by molar-refractivity contribution is 6.33. The fraction of sp³-hybridized carbons (Fsp3) is 0.385. The Morgan fingerprint density at radius 3 is 2.74 bits per heavy atom. The van der Waals surface area contributed by atoms with Crippen LogP contribution in [0.5, 0.6) is 0 Å². The molecule has 4 rings (SSSR count). The molecular formula is C26H27ClF4N6O. The van der Waals surface area contributed by atoms with Gasteiger partial charge in [-0.1, -0.05) is 17.5 Å². The van der Waals surface area contributed by atoms with Crippen molar-refractivity contribution in [3.05, 3.63) is 58.5 Å². The first-order valence-electron chi connectivity index (χ1n) is 12.0. The molecule has 2 atom stereocenters. The molecule has 1 aromatic carbocycles. The molecule has 1 aliphatic heterocycles. The van der Waals surface area contributed by atoms with Crippen LogP contribution in [0.25, 0.3) is 5.65 Å². The molecule has 38 heavy (non-hydrogen) atoms. The van der Waals surface area contributed by atoms with E-state index in [-0.39, 0.29) is 36.0 Å². The average Bonchev–Trinajstić information content (AvgIpc) is 3.20. The molecule has 0 saturated carbocycles. The molecule has 0 unspecified atom stereocenters. The Kier molecular flexibility index (Phi) is 8.33. The van der Waals surface area contributed by atoms with E-state index in [9.17, 15) is 22.4 Å². The summed E-state index contributed by atoms with van der Waals surface area (Å²) < 4.78 is 56.3. The van der Waals surface area contributed by atoms with Gasteiger partial charge in [0.05, 0.1) is 41.1 Å². The van der Waals surface area contributed by atoms with Gasteiger partial charge in [0.15, 0.2) is 5.65 Å². The molecule has 3 heterocycles. The fourth-order valence-electron chi connectivity index (χ4n) is 4.32. The first-order valence-corrected chi connectivity index (χ1v) is 12.3. The summed E-state index contributed by atoms with van der Waals surface area (Å²) in [5.74, 6) is 5.25. The van der Waals surface area contributed by atoms with Crippen molar-refractivity contribution in [1.82, 2.24) is 19.6 Å². The predicted octanol–water partition coefficient (Wildman–Crippen LogP) is 4.37. The van der Waals surface area contributed by atoms with E-state index in [0.29, 0.717) is 34.9 Å². The fourth-order valence-corrected chi connectivity index (χ4v) is 4.57. The smallest absolute Gasteiger partial charge is 0.376 e. The van der Waals surface area contributed by atoms with Gasteiger partial charge in [-0.25, -0.2) is 9.37 Å². The first-order chi connectivity index (χ1) is 18.1. The zero-order valence-corrected chi connectivity index (χ0v) is 21.5. The summed E-state index contributed by atoms with van der Waals surface area (Å²) in [7, 11) is 3.35. The molecule has 1 fully saturated rings. The summed E-state index contributed by atoms with van der Waals surface area (Å²) in [6, 6.07) is 7.51. The second-order valence-electron chi connectivity index (χ2n) is 9.06. The molecule has 1 amide bonds. The monoisotopic (exact) mass is 550 g/mol. The third-order valence-electron chi connectivity index (χ3n) is 6.23. The molecule has 1 aliphatic rings. The number of halogens is 5. The minimum absolute atomic E-state index is 0.0142. The van der Waals surface area contributed by atoms with Crippen LogP contribution in [-0.2, 0) is 6.42 Å². The second-order valence-corrected chi connectivity index (χ2v) is 9.47. The van der Waals surface area contributed by atoms with Crippen molar-refractivity contribution >= 4 is 34.5 Å². The Bertz CT molecular complexity index is 1380. The summed E-state index contributed by atoms with van der Waals surface area (Å²) in [5.41, 5.74) is 1.49. The summed E-state index contributed by atoms with van der Waals surface area (Å²) in [6.45, 7) is 1.05. The molecular weight excluding hydrogens is 524 g/mol. The van der Waals surface area contributed by atoms with E-state index in [1.165, 1.54) is 23.7 Å². The molecule has 2 aromatic heterocycles. The SMILES string of the molecule is CNC(=O)c1ccc(NCC#Cc2nc3c(N[C@@H]4CCN(C)C[C@@H]4F)cccn3c2CC(F)(F)F)c(Cl)c1. The number of benzene rings is 1. The standard InChI is InChI=1S/C26H27ClF4N6O/c1-32-25(38)16-7-8-19(17(27)13-16)33-10-3-5-21-23(14-26(29,30)31)37-11-4-6-22(24(37)35-21)34-20-9-12-36(2)15-18(20)28/h4,6-8,11,13,18,20,33-34H,9-10,12,14-15H2,1-2H3,(H,32,38)/t18-,20+/m0/s1. The van der Waals surface area contributed by atoms with Gasteiger partial charge in [-0.3, -0.25) is 4.79 Å². The lowest BCUT2D eigenvalue weighted by atomic mass is 10.0. The number of carbonyl (C=O) groups is 1. The Morgan fingerprint density at radius 1 is 1.26 bits per heavy atom. The van der Waals surface area contributed by atoms with Crippen LogP contribution >= 0.6 is 11.6 Å². The molecule has 1 saturated heterocycles. The Hall–Kier alpha value is -3.49. The number of alkyl halides is 4. The van der Waals surface area contributed by atoms with Gasteiger partial charge in [0.1, 0.15) is 11.9 Å². The van der Waals surface area contributed by atoms with Gasteiger partial charge in [-0.05, 0) is 49.7 Å². The molecule has 0 bridgehead atoms. The number of pyridine rings is 1. The molecule has 3 N–H and O–H groups in total. The molecule has 3 aromatic rings. The Balaban J connectivity index is 1.58. The van der Waals surface area contributed by atoms with Gasteiger partial charge in [-0.15, -0.1) is 0 Å². The van der Waals surface area contributed by atoms with Crippen LogP contribution in [0.2, 0.25) is 5.02 Å². The number of hydrogen-bond donors (Lipinski definition) is 3. The van der Waals surface area contributed by atoms with E-state index >= 15 is 0 Å². The van der Waals surface area contributed by atoms with Gasteiger partial charge in [-0.2, -0.15) is 13.2 Å². The van der Waals surface area contributed by atoms with Crippen LogP contribution in [0.4, 0.5) is 28.9 Å². The largest absolute Gasteiger partial charge is 0.394 e. The number of imidazole rings is 1. The average molecular weight is 551 g/mol. The van der Waals surface area contributed by atoms with Gasteiger partial charge < -0.3 is 25.3 Å². The number of rotatable bonds is 6. The van der Waals surface area contributed by atoms with E-state index in [1.54, 1.807) is 24.3 Å². The van der Waals surface area contributed by atoms with Crippen LogP contribution in [0.1, 0.15) is 28.2 Å². The van der Waals surface area contributed by atoms with Gasteiger partial charge in [0.2, 0.25) is 0 Å². The number of carbonyl (C=O) groups excluding carboxylic acids is 1. The van der Waals surface area contributed by atoms with Crippen LogP contribution in [0.15, 0.2) is 36.5 Å². The second kappa shape index (κ2) is 11.5. The van der Waals surface area contributed by atoms with E-state index < -0.39 is 24.8 Å². The van der Waals surface area contributed by atoms with Crippen LogP contribution in [0, 0.1) is 11.8 Å². The quantitative estimate of drug-likeness (QED) is 0.314. The maximum absolute atomic E-state index is 14.6. The first kappa shape index (κ1) is 27.5. The highest BCUT2D eigenvalue weighted by Crippen LogP contribution is 2.28. The molecule has 0 radical (unpaired) electrons. The van der Waals surface area contributed by atoms with Crippen LogP contribution < -0.4 is 16.0 Å². The van der Waals surface area contributed by atoms with Crippen molar-refractivity contribution in [2.45, 2.75) is 31.2 Å². The number of piperidine rings is 1. The van der Waals surface area contributed by atoms with Crippen molar-refractivity contribution < 1.29 is 22.4 Å². The van der Waals surface area contributed by atoms with E-state index in [4.69, 9.17) is 11.6 Å². The number of anilines is 2. The normalized spacial score (nSPS) is 18.1. The lowest BCUT2D eigenvalue weighted by Crippen LogP contribution is -2.46. The summed E-state index contributed by atoms with van der Waals surface area (Å²) in [6.07, 6.45) is -4.78. The molecule has 0 spiro atoms. The Labute approximate surface area is 222 Å². The van der Waals surface area contributed by atoms with Gasteiger partial charge in [0.25, 0.3) is 5.91 Å². The van der Waals surface area contributed by atoms with Crippen molar-refractivity contribution in [1.29, 1.82) is 0 Å². The molecule has 202 valence electrons. The number of fused-ring (bicyclic) bond motifs is 1. The molecule has 12 heteroatoms. The van der Waals surface area contributed by atoms with E-state index in [1.807, 2.05) is 11.9 Å². The van der Waals surface area contributed by atoms with Crippen molar-refractivity contribution in [2.75, 3.05) is 44.4 Å². The highest BCUT2D eigenvalue weighted by atomic mass is 35.5. The molecule has 7 nitrogen and oxygen atoms in total. The summed E-state index contributed by atoms with van der Waals surface area (Å²) >= 11 is 6.23. The van der Waals surface area contributed by atoms with Crippen molar-refractivity contribution in [3.8, 4) is 11.8 Å². The highest BCUT2D eigenvalue weighted by Gasteiger charge is 2.32. The van der Waals surface area contributed by atoms with Crippen molar-refractivity contribution in [3.63, 3.8) is 0 Å². The summed E-state index contributed by atoms with van der Waals surface area (Å²) in [5, 5.41) is 8.94. The van der Waals surface area contributed by atoms with E-state index in [2.05, 4.69) is 32.8 Å². The zero-order valence-electron chi connectivity index (χ0n) is 20.8. The number of nitrogens with zero attached hydrogens (tertiary/aromatic N) is 3. The minimum Gasteiger partial charge on any atom is -0.376 e. The maximum atomic E-state index is 14.6. The van der Waals surface area contributed by atoms with E-state index in [0.717, 1.165) is 0 Å².